The topological polar surface area (TPSA) is 44.1 Å². The Hall–Kier alpha value is -3.73. The van der Waals surface area contributed by atoms with Gasteiger partial charge in [-0.1, -0.05) is 35.3 Å². The van der Waals surface area contributed by atoms with Gasteiger partial charge >= 0.3 is 0 Å². The zero-order valence-electron chi connectivity index (χ0n) is 17.9. The highest BCUT2D eigenvalue weighted by atomic mass is 35.5. The first-order valence-electron chi connectivity index (χ1n) is 10.8. The monoisotopic (exact) mass is 484 g/mol. The second kappa shape index (κ2) is 8.56. The lowest BCUT2D eigenvalue weighted by molar-refractivity contribution is 0.506. The molecule has 0 unspecified atom stereocenters. The van der Waals surface area contributed by atoms with Gasteiger partial charge in [-0.15, -0.1) is 0 Å². The zero-order chi connectivity index (χ0) is 23.1. The maximum atomic E-state index is 6.22. The van der Waals surface area contributed by atoms with Crippen molar-refractivity contribution >= 4 is 34.2 Å². The van der Waals surface area contributed by atoms with E-state index in [0.717, 1.165) is 45.3 Å². The molecule has 0 aliphatic rings. The van der Waals surface area contributed by atoms with Crippen LogP contribution in [0, 0.1) is 0 Å². The summed E-state index contributed by atoms with van der Waals surface area (Å²) in [4.78, 5) is 4.87. The van der Waals surface area contributed by atoms with Crippen molar-refractivity contribution in [1.29, 1.82) is 0 Å². The third-order valence-electron chi connectivity index (χ3n) is 5.71. The number of para-hydroxylation sites is 2. The molecule has 0 atom stereocenters. The van der Waals surface area contributed by atoms with Gasteiger partial charge in [-0.2, -0.15) is 0 Å². The number of imidazole rings is 1. The summed E-state index contributed by atoms with van der Waals surface area (Å²) in [6.45, 7) is 0.514. The lowest BCUT2D eigenvalue weighted by Gasteiger charge is -2.06. The fourth-order valence-corrected chi connectivity index (χ4v) is 4.29. The number of hydrogen-bond donors (Lipinski definition) is 0. The van der Waals surface area contributed by atoms with Gasteiger partial charge in [0.25, 0.3) is 0 Å². The average molecular weight is 485 g/mol. The first kappa shape index (κ1) is 20.8. The molecule has 3 aromatic carbocycles. The molecule has 6 heteroatoms. The van der Waals surface area contributed by atoms with Crippen molar-refractivity contribution in [2.75, 3.05) is 0 Å². The van der Waals surface area contributed by atoms with Crippen LogP contribution in [-0.4, -0.2) is 9.55 Å². The number of aromatic nitrogens is 2. The smallest absolute Gasteiger partial charge is 0.177 e. The van der Waals surface area contributed by atoms with E-state index in [2.05, 4.69) is 10.6 Å². The van der Waals surface area contributed by atoms with E-state index in [1.54, 1.807) is 0 Å². The average Bonchev–Trinajstić information content (AvgIpc) is 3.60. The Morgan fingerprint density at radius 3 is 1.91 bits per heavy atom. The van der Waals surface area contributed by atoms with Crippen LogP contribution in [0.3, 0.4) is 0 Å². The molecular formula is C28H18Cl2N2O2. The van der Waals surface area contributed by atoms with Crippen LogP contribution in [0.1, 0.15) is 5.76 Å². The highest BCUT2D eigenvalue weighted by Gasteiger charge is 2.18. The fraction of sp³-hybridized carbons (Fsp3) is 0.0357. The number of furan rings is 2. The fourth-order valence-electron chi connectivity index (χ4n) is 4.04. The predicted molar refractivity (Wildman–Crippen MR) is 136 cm³/mol. The highest BCUT2D eigenvalue weighted by Crippen LogP contribution is 2.32. The summed E-state index contributed by atoms with van der Waals surface area (Å²) >= 11 is 12.1. The van der Waals surface area contributed by atoms with Gasteiger partial charge in [0.2, 0.25) is 0 Å². The standard InChI is InChI=1S/C28H18Cl2N2O2/c29-20-9-5-18(6-10-20)25-14-13-22(33-25)17-32-24-4-2-1-3-23(24)31-28(32)27-16-15-26(34-27)19-7-11-21(30)12-8-19/h1-16H,17H2. The number of halogens is 2. The van der Waals surface area contributed by atoms with E-state index in [1.807, 2.05) is 91.0 Å². The molecular weight excluding hydrogens is 467 g/mol. The molecule has 6 aromatic rings. The number of rotatable bonds is 5. The van der Waals surface area contributed by atoms with Crippen LogP contribution in [0.15, 0.2) is 106 Å². The van der Waals surface area contributed by atoms with Crippen LogP contribution in [-0.2, 0) is 6.54 Å². The summed E-state index contributed by atoms with van der Waals surface area (Å²) in [5.41, 5.74) is 3.83. The lowest BCUT2D eigenvalue weighted by atomic mass is 10.2. The van der Waals surface area contributed by atoms with E-state index < -0.39 is 0 Å². The third kappa shape index (κ3) is 3.92. The zero-order valence-corrected chi connectivity index (χ0v) is 19.4. The van der Waals surface area contributed by atoms with Crippen molar-refractivity contribution in [2.45, 2.75) is 6.54 Å². The van der Waals surface area contributed by atoms with Crippen LogP contribution in [0.5, 0.6) is 0 Å². The van der Waals surface area contributed by atoms with E-state index in [9.17, 15) is 0 Å². The summed E-state index contributed by atoms with van der Waals surface area (Å²) in [5, 5.41) is 1.38. The molecule has 0 aliphatic carbocycles. The minimum atomic E-state index is 0.514. The van der Waals surface area contributed by atoms with Crippen LogP contribution in [0.25, 0.3) is 45.3 Å². The number of fused-ring (bicyclic) bond motifs is 1. The van der Waals surface area contributed by atoms with Crippen molar-refractivity contribution in [3.05, 3.63) is 113 Å². The van der Waals surface area contributed by atoms with Crippen molar-refractivity contribution < 1.29 is 8.83 Å². The summed E-state index contributed by atoms with van der Waals surface area (Å²) in [6, 6.07) is 31.1. The van der Waals surface area contributed by atoms with Gasteiger partial charge < -0.3 is 13.4 Å². The summed E-state index contributed by atoms with van der Waals surface area (Å²) < 4.78 is 14.5. The van der Waals surface area contributed by atoms with Crippen LogP contribution in [0.4, 0.5) is 0 Å². The van der Waals surface area contributed by atoms with Gasteiger partial charge in [0.15, 0.2) is 11.6 Å². The van der Waals surface area contributed by atoms with E-state index in [4.69, 9.17) is 37.0 Å². The Labute approximate surface area is 206 Å². The van der Waals surface area contributed by atoms with E-state index in [0.29, 0.717) is 22.4 Å². The van der Waals surface area contributed by atoms with Gasteiger partial charge in [-0.25, -0.2) is 4.98 Å². The third-order valence-corrected chi connectivity index (χ3v) is 6.22. The molecule has 0 bridgehead atoms. The number of nitrogens with zero attached hydrogens (tertiary/aromatic N) is 2. The highest BCUT2D eigenvalue weighted by molar-refractivity contribution is 6.30. The minimum absolute atomic E-state index is 0.514. The second-order valence-corrected chi connectivity index (χ2v) is 8.83. The summed E-state index contributed by atoms with van der Waals surface area (Å²) in [5.74, 6) is 3.80. The van der Waals surface area contributed by atoms with E-state index in [-0.39, 0.29) is 0 Å². The Morgan fingerprint density at radius 2 is 1.21 bits per heavy atom. The molecule has 0 fully saturated rings. The molecule has 6 rings (SSSR count). The molecule has 0 spiro atoms. The van der Waals surface area contributed by atoms with Crippen molar-refractivity contribution in [2.24, 2.45) is 0 Å². The molecule has 3 aromatic heterocycles. The molecule has 3 heterocycles. The summed E-state index contributed by atoms with van der Waals surface area (Å²) in [7, 11) is 0. The Bertz CT molecular complexity index is 1590. The van der Waals surface area contributed by atoms with Crippen LogP contribution < -0.4 is 0 Å². The second-order valence-electron chi connectivity index (χ2n) is 7.95. The largest absolute Gasteiger partial charge is 0.459 e. The Morgan fingerprint density at radius 1 is 0.618 bits per heavy atom. The van der Waals surface area contributed by atoms with Crippen molar-refractivity contribution in [3.63, 3.8) is 0 Å². The van der Waals surface area contributed by atoms with Gasteiger partial charge in [-0.3, -0.25) is 0 Å². The van der Waals surface area contributed by atoms with Gasteiger partial charge in [-0.05, 0) is 84.9 Å². The molecule has 0 radical (unpaired) electrons. The number of benzene rings is 3. The van der Waals surface area contributed by atoms with Gasteiger partial charge in [0, 0.05) is 21.2 Å². The van der Waals surface area contributed by atoms with Crippen molar-refractivity contribution in [3.8, 4) is 34.2 Å². The lowest BCUT2D eigenvalue weighted by Crippen LogP contribution is -2.00. The molecule has 0 saturated carbocycles. The quantitative estimate of drug-likeness (QED) is 0.246. The molecule has 0 N–H and O–H groups in total. The van der Waals surface area contributed by atoms with Crippen LogP contribution in [0.2, 0.25) is 10.0 Å². The molecule has 34 heavy (non-hydrogen) atoms. The number of hydrogen-bond acceptors (Lipinski definition) is 3. The molecule has 166 valence electrons. The molecule has 0 aliphatic heterocycles. The van der Waals surface area contributed by atoms with E-state index >= 15 is 0 Å². The maximum absolute atomic E-state index is 6.22. The Kier molecular flexibility index (Phi) is 5.25. The van der Waals surface area contributed by atoms with Crippen LogP contribution >= 0.6 is 23.2 Å². The minimum Gasteiger partial charge on any atom is -0.459 e. The normalized spacial score (nSPS) is 11.4. The Balaban J connectivity index is 1.38. The molecule has 0 amide bonds. The summed E-state index contributed by atoms with van der Waals surface area (Å²) in [6.07, 6.45) is 0. The van der Waals surface area contributed by atoms with E-state index in [1.165, 1.54) is 0 Å². The molecule has 4 nitrogen and oxygen atoms in total. The first-order chi connectivity index (χ1) is 16.6. The predicted octanol–water partition coefficient (Wildman–Crippen LogP) is 8.58. The maximum Gasteiger partial charge on any atom is 0.177 e. The first-order valence-corrected chi connectivity index (χ1v) is 11.6. The van der Waals surface area contributed by atoms with Gasteiger partial charge in [0.05, 0.1) is 17.6 Å². The van der Waals surface area contributed by atoms with Crippen molar-refractivity contribution in [1.82, 2.24) is 9.55 Å². The molecule has 0 saturated heterocycles. The van der Waals surface area contributed by atoms with Gasteiger partial charge in [0.1, 0.15) is 17.3 Å². The SMILES string of the molecule is Clc1ccc(-c2ccc(Cn3c(-c4ccc(-c5ccc(Cl)cc5)o4)nc4ccccc43)o2)cc1.